The number of aromatic nitrogens is 1. The SMILES string of the molecule is CCc1ccc(-c2nc(Oc3cc(C)cc(-c4cccc(CN)c4)c3)c(F)cc2F)c(CC(=O)O)c1. The van der Waals surface area contributed by atoms with Gasteiger partial charge in [0.15, 0.2) is 11.6 Å². The highest BCUT2D eigenvalue weighted by Crippen LogP contribution is 2.33. The molecule has 0 unspecified atom stereocenters. The van der Waals surface area contributed by atoms with Gasteiger partial charge in [0.05, 0.1) is 6.42 Å². The van der Waals surface area contributed by atoms with Crippen LogP contribution in [0.3, 0.4) is 0 Å². The summed E-state index contributed by atoms with van der Waals surface area (Å²) in [6.07, 6.45) is 0.367. The zero-order valence-electron chi connectivity index (χ0n) is 20.0. The van der Waals surface area contributed by atoms with Crippen molar-refractivity contribution >= 4 is 5.97 Å². The number of aliphatic carboxylic acids is 1. The number of halogens is 2. The third-order valence-corrected chi connectivity index (χ3v) is 5.83. The minimum Gasteiger partial charge on any atom is -0.481 e. The predicted octanol–water partition coefficient (Wildman–Crippen LogP) is 6.44. The number of rotatable bonds is 8. The molecule has 36 heavy (non-hydrogen) atoms. The molecule has 0 aliphatic heterocycles. The van der Waals surface area contributed by atoms with E-state index in [-0.39, 0.29) is 17.7 Å². The van der Waals surface area contributed by atoms with E-state index < -0.39 is 23.5 Å². The van der Waals surface area contributed by atoms with Gasteiger partial charge in [-0.2, -0.15) is 0 Å². The molecule has 0 atom stereocenters. The Kier molecular flexibility index (Phi) is 7.41. The molecule has 4 aromatic rings. The van der Waals surface area contributed by atoms with Gasteiger partial charge in [-0.05, 0) is 64.9 Å². The summed E-state index contributed by atoms with van der Waals surface area (Å²) in [7, 11) is 0. The molecular weight excluding hydrogens is 462 g/mol. The van der Waals surface area contributed by atoms with Crippen LogP contribution in [0, 0.1) is 18.6 Å². The van der Waals surface area contributed by atoms with Gasteiger partial charge in [0.2, 0.25) is 0 Å². The van der Waals surface area contributed by atoms with Crippen molar-refractivity contribution in [3.05, 3.63) is 101 Å². The topological polar surface area (TPSA) is 85.4 Å². The molecule has 0 aliphatic carbocycles. The summed E-state index contributed by atoms with van der Waals surface area (Å²) in [5, 5.41) is 9.34. The highest BCUT2D eigenvalue weighted by molar-refractivity contribution is 5.76. The van der Waals surface area contributed by atoms with Gasteiger partial charge in [-0.1, -0.05) is 49.4 Å². The Morgan fingerprint density at radius 1 is 0.972 bits per heavy atom. The first-order valence-corrected chi connectivity index (χ1v) is 11.6. The second kappa shape index (κ2) is 10.7. The van der Waals surface area contributed by atoms with Crippen molar-refractivity contribution in [3.8, 4) is 34.0 Å². The van der Waals surface area contributed by atoms with Crippen LogP contribution >= 0.6 is 0 Å². The molecule has 4 rings (SSSR count). The number of carbonyl (C=O) groups is 1. The van der Waals surface area contributed by atoms with E-state index in [1.54, 1.807) is 30.3 Å². The van der Waals surface area contributed by atoms with E-state index in [1.807, 2.05) is 44.2 Å². The fourth-order valence-corrected chi connectivity index (χ4v) is 4.08. The second-order valence-corrected chi connectivity index (χ2v) is 8.56. The molecule has 0 aliphatic rings. The lowest BCUT2D eigenvalue weighted by atomic mass is 9.97. The summed E-state index contributed by atoms with van der Waals surface area (Å²) in [6.45, 7) is 4.22. The Labute approximate surface area is 208 Å². The summed E-state index contributed by atoms with van der Waals surface area (Å²) in [6, 6.07) is 19.0. The van der Waals surface area contributed by atoms with Crippen LogP contribution in [0.2, 0.25) is 0 Å². The quantitative estimate of drug-likeness (QED) is 0.298. The van der Waals surface area contributed by atoms with Crippen molar-refractivity contribution in [2.75, 3.05) is 0 Å². The summed E-state index contributed by atoms with van der Waals surface area (Å²) < 4.78 is 35.4. The molecule has 184 valence electrons. The third kappa shape index (κ3) is 5.58. The highest BCUT2D eigenvalue weighted by Gasteiger charge is 2.19. The molecule has 0 saturated heterocycles. The van der Waals surface area contributed by atoms with Crippen molar-refractivity contribution in [2.24, 2.45) is 5.73 Å². The molecule has 3 aromatic carbocycles. The van der Waals surface area contributed by atoms with Gasteiger partial charge in [-0.3, -0.25) is 4.79 Å². The standard InChI is InChI=1S/C29H26F2N2O3/c1-3-18-7-8-24(22(11-18)14-27(34)35)28-25(30)15-26(31)29(33-28)36-23-10-17(2)9-21(13-23)20-6-4-5-19(12-20)16-32/h4-13,15H,3,14,16,32H2,1-2H3,(H,34,35). The van der Waals surface area contributed by atoms with Gasteiger partial charge in [0, 0.05) is 18.2 Å². The van der Waals surface area contributed by atoms with Crippen LogP contribution in [0.4, 0.5) is 8.78 Å². The number of aryl methyl sites for hydroxylation is 2. The van der Waals surface area contributed by atoms with E-state index in [0.29, 0.717) is 30.3 Å². The number of ether oxygens (including phenoxy) is 1. The monoisotopic (exact) mass is 488 g/mol. The lowest BCUT2D eigenvalue weighted by molar-refractivity contribution is -0.136. The van der Waals surface area contributed by atoms with Crippen LogP contribution in [0.25, 0.3) is 22.4 Å². The maximum Gasteiger partial charge on any atom is 0.307 e. The lowest BCUT2D eigenvalue weighted by Gasteiger charge is -2.14. The van der Waals surface area contributed by atoms with E-state index in [0.717, 1.165) is 27.8 Å². The van der Waals surface area contributed by atoms with Gasteiger partial charge in [0.1, 0.15) is 11.4 Å². The highest BCUT2D eigenvalue weighted by atomic mass is 19.1. The lowest BCUT2D eigenvalue weighted by Crippen LogP contribution is -2.05. The molecule has 0 spiro atoms. The molecule has 0 fully saturated rings. The van der Waals surface area contributed by atoms with E-state index in [1.165, 1.54) is 0 Å². The Hall–Kier alpha value is -4.10. The maximum atomic E-state index is 14.9. The molecule has 0 radical (unpaired) electrons. The Balaban J connectivity index is 1.75. The van der Waals surface area contributed by atoms with Crippen molar-refractivity contribution < 1.29 is 23.4 Å². The molecule has 0 saturated carbocycles. The average molecular weight is 489 g/mol. The number of pyridine rings is 1. The normalized spacial score (nSPS) is 10.9. The van der Waals surface area contributed by atoms with Gasteiger partial charge in [-0.15, -0.1) is 0 Å². The zero-order valence-corrected chi connectivity index (χ0v) is 20.0. The molecular formula is C29H26F2N2O3. The number of hydrogen-bond donors (Lipinski definition) is 2. The summed E-state index contributed by atoms with van der Waals surface area (Å²) in [4.78, 5) is 15.6. The van der Waals surface area contributed by atoms with Gasteiger partial charge in [0.25, 0.3) is 5.88 Å². The van der Waals surface area contributed by atoms with Crippen molar-refractivity contribution in [1.82, 2.24) is 4.98 Å². The molecule has 1 aromatic heterocycles. The first kappa shape index (κ1) is 25.0. The van der Waals surface area contributed by atoms with Crippen LogP contribution < -0.4 is 10.5 Å². The average Bonchev–Trinajstić information content (AvgIpc) is 2.85. The number of benzene rings is 3. The Morgan fingerprint density at radius 3 is 2.50 bits per heavy atom. The summed E-state index contributed by atoms with van der Waals surface area (Å²) in [5.74, 6) is -3.00. The fraction of sp³-hybridized carbons (Fsp3) is 0.172. The largest absolute Gasteiger partial charge is 0.481 e. The molecule has 7 heteroatoms. The smallest absolute Gasteiger partial charge is 0.307 e. The first-order valence-electron chi connectivity index (χ1n) is 11.6. The maximum absolute atomic E-state index is 14.9. The van der Waals surface area contributed by atoms with Gasteiger partial charge in [-0.25, -0.2) is 13.8 Å². The Bertz CT molecular complexity index is 1440. The van der Waals surface area contributed by atoms with Gasteiger partial charge < -0.3 is 15.6 Å². The van der Waals surface area contributed by atoms with E-state index >= 15 is 0 Å². The van der Waals surface area contributed by atoms with Crippen LogP contribution in [0.15, 0.2) is 66.7 Å². The minimum absolute atomic E-state index is 0.172. The number of hydrogen-bond acceptors (Lipinski definition) is 4. The van der Waals surface area contributed by atoms with Crippen LogP contribution in [-0.4, -0.2) is 16.1 Å². The molecule has 5 nitrogen and oxygen atoms in total. The molecule has 0 amide bonds. The second-order valence-electron chi connectivity index (χ2n) is 8.56. The number of nitrogens with two attached hydrogens (primary N) is 1. The van der Waals surface area contributed by atoms with E-state index in [9.17, 15) is 18.7 Å². The number of nitrogens with zero attached hydrogens (tertiary/aromatic N) is 1. The number of carboxylic acid groups (broad SMARTS) is 1. The van der Waals surface area contributed by atoms with Crippen molar-refractivity contribution in [1.29, 1.82) is 0 Å². The zero-order chi connectivity index (χ0) is 25.8. The van der Waals surface area contributed by atoms with Crippen LogP contribution in [0.1, 0.15) is 29.2 Å². The van der Waals surface area contributed by atoms with E-state index in [4.69, 9.17) is 10.5 Å². The fourth-order valence-electron chi connectivity index (χ4n) is 4.08. The molecule has 1 heterocycles. The van der Waals surface area contributed by atoms with Crippen LogP contribution in [0.5, 0.6) is 11.6 Å². The third-order valence-electron chi connectivity index (χ3n) is 5.83. The van der Waals surface area contributed by atoms with E-state index in [2.05, 4.69) is 4.98 Å². The predicted molar refractivity (Wildman–Crippen MR) is 135 cm³/mol. The summed E-state index contributed by atoms with van der Waals surface area (Å²) >= 11 is 0. The van der Waals surface area contributed by atoms with Gasteiger partial charge >= 0.3 is 5.97 Å². The minimum atomic E-state index is -1.06. The van der Waals surface area contributed by atoms with Crippen LogP contribution in [-0.2, 0) is 24.2 Å². The first-order chi connectivity index (χ1) is 17.3. The number of carboxylic acids is 1. The molecule has 0 bridgehead atoms. The van der Waals surface area contributed by atoms with Crippen molar-refractivity contribution in [3.63, 3.8) is 0 Å². The van der Waals surface area contributed by atoms with Crippen molar-refractivity contribution in [2.45, 2.75) is 33.2 Å². The summed E-state index contributed by atoms with van der Waals surface area (Å²) in [5.41, 5.74) is 10.8. The Morgan fingerprint density at radius 2 is 1.78 bits per heavy atom. The molecule has 3 N–H and O–H groups in total.